The molecule has 0 aliphatic carbocycles. The van der Waals surface area contributed by atoms with Crippen LogP contribution in [-0.4, -0.2) is 62.3 Å². The molecule has 0 aromatic heterocycles. The number of hydrogen-bond donors (Lipinski definition) is 0. The predicted molar refractivity (Wildman–Crippen MR) is 96.5 cm³/mol. The zero-order valence-electron chi connectivity index (χ0n) is 14.0. The molecule has 1 unspecified atom stereocenters. The first kappa shape index (κ1) is 17.5. The molecule has 0 saturated carbocycles. The molecule has 2 heterocycles. The Kier molecular flexibility index (Phi) is 5.87. The quantitative estimate of drug-likeness (QED) is 0.819. The van der Waals surface area contributed by atoms with Crippen LogP contribution in [0, 0.1) is 5.92 Å². The molecule has 2 aliphatic heterocycles. The van der Waals surface area contributed by atoms with E-state index in [4.69, 9.17) is 27.9 Å². The van der Waals surface area contributed by atoms with Crippen LogP contribution < -0.4 is 0 Å². The molecular weight excluding hydrogens is 331 g/mol. The molecule has 0 spiro atoms. The maximum Gasteiger partial charge on any atom is 0.0741 e. The molecule has 3 nitrogen and oxygen atoms in total. The van der Waals surface area contributed by atoms with E-state index >= 15 is 0 Å². The Labute approximate surface area is 149 Å². The summed E-state index contributed by atoms with van der Waals surface area (Å²) in [4.78, 5) is 5.07. The van der Waals surface area contributed by atoms with Gasteiger partial charge < -0.3 is 9.64 Å². The van der Waals surface area contributed by atoms with E-state index < -0.39 is 0 Å². The second-order valence-electron chi connectivity index (χ2n) is 6.98. The molecular formula is C18H26Cl2N2O. The minimum Gasteiger partial charge on any atom is -0.380 e. The number of halogens is 2. The summed E-state index contributed by atoms with van der Waals surface area (Å²) in [5, 5.41) is 1.27. The van der Waals surface area contributed by atoms with Crippen molar-refractivity contribution >= 4 is 23.2 Å². The molecule has 1 aromatic rings. The van der Waals surface area contributed by atoms with Crippen LogP contribution in [0.5, 0.6) is 0 Å². The average Bonchev–Trinajstić information content (AvgIpc) is 2.94. The molecule has 0 radical (unpaired) electrons. The van der Waals surface area contributed by atoms with Crippen LogP contribution in [0.3, 0.4) is 0 Å². The van der Waals surface area contributed by atoms with Crippen molar-refractivity contribution in [3.05, 3.63) is 33.8 Å². The highest BCUT2D eigenvalue weighted by Crippen LogP contribution is 2.30. The number of rotatable bonds is 4. The molecule has 1 aromatic carbocycles. The highest BCUT2D eigenvalue weighted by Gasteiger charge is 2.36. The van der Waals surface area contributed by atoms with Crippen molar-refractivity contribution in [2.45, 2.75) is 31.4 Å². The number of ether oxygens (including phenoxy) is 1. The fraction of sp³-hybridized carbons (Fsp3) is 0.667. The summed E-state index contributed by atoms with van der Waals surface area (Å²) in [5.41, 5.74) is 1.25. The standard InChI is InChI=1S/C18H26Cl2N2O/c1-21-7-5-15(6-8-21)22-11-14(18(12-22)23-2)9-13-3-4-16(19)17(20)10-13/h3-4,10,14-15,18H,5-9,11-12H2,1-2H3/t14?,18-/m1/s1. The Balaban J connectivity index is 1.63. The number of nitrogens with zero attached hydrogens (tertiary/aromatic N) is 2. The molecule has 5 heteroatoms. The fourth-order valence-electron chi connectivity index (χ4n) is 3.96. The number of hydrogen-bond acceptors (Lipinski definition) is 3. The van der Waals surface area contributed by atoms with Crippen molar-refractivity contribution < 1.29 is 4.74 Å². The molecule has 23 heavy (non-hydrogen) atoms. The molecule has 2 saturated heterocycles. The molecule has 2 aliphatic rings. The molecule has 0 amide bonds. The van der Waals surface area contributed by atoms with Gasteiger partial charge in [0.25, 0.3) is 0 Å². The Morgan fingerprint density at radius 1 is 1.13 bits per heavy atom. The number of piperidine rings is 1. The van der Waals surface area contributed by atoms with E-state index in [9.17, 15) is 0 Å². The van der Waals surface area contributed by atoms with E-state index in [2.05, 4.69) is 22.9 Å². The molecule has 0 bridgehead atoms. The van der Waals surface area contributed by atoms with Gasteiger partial charge in [-0.15, -0.1) is 0 Å². The van der Waals surface area contributed by atoms with Gasteiger partial charge in [0.1, 0.15) is 0 Å². The minimum atomic E-state index is 0.309. The average molecular weight is 357 g/mol. The lowest BCUT2D eigenvalue weighted by Crippen LogP contribution is -2.43. The van der Waals surface area contributed by atoms with E-state index in [1.807, 2.05) is 19.2 Å². The minimum absolute atomic E-state index is 0.309. The molecule has 3 rings (SSSR count). The van der Waals surface area contributed by atoms with Gasteiger partial charge in [-0.1, -0.05) is 29.3 Å². The van der Waals surface area contributed by atoms with Gasteiger partial charge in [-0.05, 0) is 57.1 Å². The third-order valence-electron chi connectivity index (χ3n) is 5.40. The van der Waals surface area contributed by atoms with E-state index in [0.717, 1.165) is 19.5 Å². The summed E-state index contributed by atoms with van der Waals surface area (Å²) in [6.45, 7) is 4.58. The monoisotopic (exact) mass is 356 g/mol. The van der Waals surface area contributed by atoms with E-state index in [0.29, 0.717) is 28.1 Å². The van der Waals surface area contributed by atoms with Crippen LogP contribution in [0.4, 0.5) is 0 Å². The summed E-state index contributed by atoms with van der Waals surface area (Å²) < 4.78 is 5.78. The highest BCUT2D eigenvalue weighted by molar-refractivity contribution is 6.42. The SMILES string of the molecule is CO[C@@H]1CN(C2CCN(C)CC2)CC1Cc1ccc(Cl)c(Cl)c1. The maximum atomic E-state index is 6.16. The van der Waals surface area contributed by atoms with Crippen LogP contribution in [0.15, 0.2) is 18.2 Å². The third kappa shape index (κ3) is 4.21. The summed E-state index contributed by atoms with van der Waals surface area (Å²) in [6, 6.07) is 6.68. The Morgan fingerprint density at radius 2 is 1.87 bits per heavy atom. The second kappa shape index (κ2) is 7.71. The van der Waals surface area contributed by atoms with Crippen LogP contribution in [0.25, 0.3) is 0 Å². The fourth-order valence-corrected chi connectivity index (χ4v) is 4.28. The van der Waals surface area contributed by atoms with Crippen molar-refractivity contribution in [2.75, 3.05) is 40.3 Å². The van der Waals surface area contributed by atoms with Crippen LogP contribution in [0.1, 0.15) is 18.4 Å². The Bertz CT molecular complexity index is 532. The van der Waals surface area contributed by atoms with Gasteiger partial charge in [0.15, 0.2) is 0 Å². The third-order valence-corrected chi connectivity index (χ3v) is 6.14. The zero-order chi connectivity index (χ0) is 16.4. The van der Waals surface area contributed by atoms with Crippen molar-refractivity contribution in [3.8, 4) is 0 Å². The molecule has 2 fully saturated rings. The van der Waals surface area contributed by atoms with Crippen molar-refractivity contribution in [3.63, 3.8) is 0 Å². The smallest absolute Gasteiger partial charge is 0.0741 e. The van der Waals surface area contributed by atoms with Crippen LogP contribution >= 0.6 is 23.2 Å². The Hall–Kier alpha value is -0.320. The van der Waals surface area contributed by atoms with E-state index in [1.165, 1.54) is 31.5 Å². The Morgan fingerprint density at radius 3 is 2.52 bits per heavy atom. The first-order valence-corrected chi connectivity index (χ1v) is 9.21. The first-order chi connectivity index (χ1) is 11.1. The lowest BCUT2D eigenvalue weighted by Gasteiger charge is -2.35. The lowest BCUT2D eigenvalue weighted by atomic mass is 9.96. The lowest BCUT2D eigenvalue weighted by molar-refractivity contribution is 0.0712. The summed E-state index contributed by atoms with van der Waals surface area (Å²) in [6.07, 6.45) is 3.85. The molecule has 2 atom stereocenters. The number of likely N-dealkylation sites (tertiary alicyclic amines) is 2. The summed E-state index contributed by atoms with van der Waals surface area (Å²) in [5.74, 6) is 0.525. The van der Waals surface area contributed by atoms with Gasteiger partial charge in [0.2, 0.25) is 0 Å². The van der Waals surface area contributed by atoms with Gasteiger partial charge in [-0.2, -0.15) is 0 Å². The van der Waals surface area contributed by atoms with Gasteiger partial charge in [0, 0.05) is 32.2 Å². The molecule has 0 N–H and O–H groups in total. The van der Waals surface area contributed by atoms with Crippen LogP contribution in [0.2, 0.25) is 10.0 Å². The van der Waals surface area contributed by atoms with Crippen molar-refractivity contribution in [1.29, 1.82) is 0 Å². The number of methoxy groups -OCH3 is 1. The van der Waals surface area contributed by atoms with Gasteiger partial charge in [0.05, 0.1) is 16.1 Å². The zero-order valence-corrected chi connectivity index (χ0v) is 15.5. The second-order valence-corrected chi connectivity index (χ2v) is 7.79. The van der Waals surface area contributed by atoms with Gasteiger partial charge in [-0.3, -0.25) is 4.90 Å². The van der Waals surface area contributed by atoms with Crippen molar-refractivity contribution in [1.82, 2.24) is 9.80 Å². The van der Waals surface area contributed by atoms with E-state index in [-0.39, 0.29) is 0 Å². The largest absolute Gasteiger partial charge is 0.380 e. The van der Waals surface area contributed by atoms with E-state index in [1.54, 1.807) is 0 Å². The number of benzene rings is 1. The topological polar surface area (TPSA) is 15.7 Å². The normalized spacial score (nSPS) is 27.7. The highest BCUT2D eigenvalue weighted by atomic mass is 35.5. The maximum absolute atomic E-state index is 6.16. The van der Waals surface area contributed by atoms with Gasteiger partial charge in [-0.25, -0.2) is 0 Å². The predicted octanol–water partition coefficient (Wildman–Crippen LogP) is 3.58. The van der Waals surface area contributed by atoms with Gasteiger partial charge >= 0.3 is 0 Å². The summed E-state index contributed by atoms with van der Waals surface area (Å²) >= 11 is 12.2. The molecule has 128 valence electrons. The van der Waals surface area contributed by atoms with Crippen LogP contribution in [-0.2, 0) is 11.2 Å². The first-order valence-electron chi connectivity index (χ1n) is 8.46. The summed E-state index contributed by atoms with van der Waals surface area (Å²) in [7, 11) is 4.05. The van der Waals surface area contributed by atoms with Crippen molar-refractivity contribution in [2.24, 2.45) is 5.92 Å².